The van der Waals surface area contributed by atoms with Crippen LogP contribution in [0.15, 0.2) is 140 Å². The average Bonchev–Trinajstić information content (AvgIpc) is 3.63. The molecule has 1 aliphatic carbocycles. The molecule has 0 unspecified atom stereocenters. The van der Waals surface area contributed by atoms with E-state index in [0.29, 0.717) is 17.5 Å². The zero-order chi connectivity index (χ0) is 32.0. The first-order valence-electron chi connectivity index (χ1n) is 16.4. The van der Waals surface area contributed by atoms with Gasteiger partial charge in [-0.25, -0.2) is 0 Å². The van der Waals surface area contributed by atoms with Gasteiger partial charge in [0.1, 0.15) is 0 Å². The average molecular weight is 679 g/mol. The fourth-order valence-electron chi connectivity index (χ4n) is 7.65. The molecule has 0 spiro atoms. The Morgan fingerprint density at radius 3 is 1.94 bits per heavy atom. The molecule has 2 heterocycles. The van der Waals surface area contributed by atoms with Gasteiger partial charge in [0, 0.05) is 0 Å². The Hall–Kier alpha value is -5.41. The van der Waals surface area contributed by atoms with Crippen LogP contribution in [0.2, 0.25) is 0 Å². The summed E-state index contributed by atoms with van der Waals surface area (Å²) < 4.78 is 2.84. The van der Waals surface area contributed by atoms with Gasteiger partial charge in [-0.15, -0.1) is 0 Å². The van der Waals surface area contributed by atoms with E-state index in [1.807, 2.05) is 18.2 Å². The summed E-state index contributed by atoms with van der Waals surface area (Å²) in [5.41, 5.74) is 8.17. The number of benzene rings is 7. The van der Waals surface area contributed by atoms with E-state index in [1.165, 1.54) is 63.1 Å². The van der Waals surface area contributed by atoms with Crippen LogP contribution in [0, 0.1) is 0 Å². The molecule has 7 aromatic carbocycles. The van der Waals surface area contributed by atoms with Gasteiger partial charge < -0.3 is 0 Å². The molecule has 0 aliphatic heterocycles. The number of aromatic nitrogens is 3. The minimum atomic E-state index is -0.105. The van der Waals surface area contributed by atoms with Crippen molar-refractivity contribution in [1.29, 1.82) is 0 Å². The zero-order valence-corrected chi connectivity index (χ0v) is 28.2. The van der Waals surface area contributed by atoms with Crippen LogP contribution in [0.5, 0.6) is 0 Å². The first kappa shape index (κ1) is 27.7. The van der Waals surface area contributed by atoms with Crippen molar-refractivity contribution >= 4 is 55.3 Å². The third-order valence-corrected chi connectivity index (χ3v) is 12.6. The van der Waals surface area contributed by atoms with Gasteiger partial charge in [0.15, 0.2) is 0 Å². The summed E-state index contributed by atoms with van der Waals surface area (Å²) in [7, 11) is 0. The second kappa shape index (κ2) is 10.3. The van der Waals surface area contributed by atoms with Crippen molar-refractivity contribution < 1.29 is 0 Å². The van der Waals surface area contributed by atoms with E-state index in [4.69, 9.17) is 15.0 Å². The predicted molar refractivity (Wildman–Crippen MR) is 201 cm³/mol. The van der Waals surface area contributed by atoms with Crippen LogP contribution in [0.1, 0.15) is 25.0 Å². The van der Waals surface area contributed by atoms with E-state index in [0.717, 1.165) is 16.7 Å². The standard InChI is InChI=1S/C44H29N3Se/c1-44(2)36-15-9-8-14-32(36)33-21-19-29(24-37(33)44)42-45-41(28-11-4-3-5-12-28)46-43(47-42)30-20-22-34-35-23-18-27-17-16-26-10-6-7-13-31(26)39(27)40(35)48-38(34)25-30/h3-25H,1-2H3. The Morgan fingerprint density at radius 1 is 0.458 bits per heavy atom. The topological polar surface area (TPSA) is 38.7 Å². The van der Waals surface area contributed by atoms with Crippen LogP contribution in [-0.4, -0.2) is 29.5 Å². The van der Waals surface area contributed by atoms with E-state index in [-0.39, 0.29) is 19.9 Å². The summed E-state index contributed by atoms with van der Waals surface area (Å²) in [5, 5.41) is 7.98. The maximum atomic E-state index is 5.17. The van der Waals surface area contributed by atoms with Crippen molar-refractivity contribution in [3.05, 3.63) is 151 Å². The maximum absolute atomic E-state index is 5.17. The van der Waals surface area contributed by atoms with Gasteiger partial charge in [0.05, 0.1) is 0 Å². The molecular formula is C44H29N3Se. The van der Waals surface area contributed by atoms with Crippen LogP contribution in [-0.2, 0) is 5.41 Å². The van der Waals surface area contributed by atoms with Gasteiger partial charge in [-0.1, -0.05) is 12.1 Å². The van der Waals surface area contributed by atoms with Gasteiger partial charge in [0.25, 0.3) is 0 Å². The fourth-order valence-corrected chi connectivity index (χ4v) is 10.4. The summed E-state index contributed by atoms with van der Waals surface area (Å²) in [5.74, 6) is 2.08. The van der Waals surface area contributed by atoms with Gasteiger partial charge in [-0.05, 0) is 0 Å². The molecule has 0 saturated carbocycles. The van der Waals surface area contributed by atoms with Crippen LogP contribution in [0.3, 0.4) is 0 Å². The van der Waals surface area contributed by atoms with Crippen molar-refractivity contribution in [2.45, 2.75) is 19.3 Å². The molecule has 3 nitrogen and oxygen atoms in total. The van der Waals surface area contributed by atoms with Crippen molar-refractivity contribution in [2.75, 3.05) is 0 Å². The summed E-state index contributed by atoms with van der Waals surface area (Å²) in [6.45, 7) is 4.62. The number of rotatable bonds is 3. The Balaban J connectivity index is 1.16. The van der Waals surface area contributed by atoms with E-state index < -0.39 is 0 Å². The zero-order valence-electron chi connectivity index (χ0n) is 26.5. The first-order chi connectivity index (χ1) is 23.5. The Morgan fingerprint density at radius 2 is 1.08 bits per heavy atom. The first-order valence-corrected chi connectivity index (χ1v) is 18.1. The minimum absolute atomic E-state index is 0.105. The molecule has 0 saturated heterocycles. The van der Waals surface area contributed by atoms with Crippen LogP contribution in [0.25, 0.3) is 86.1 Å². The molecule has 4 heteroatoms. The molecule has 226 valence electrons. The summed E-state index contributed by atoms with van der Waals surface area (Å²) >= 11 is 0.156. The van der Waals surface area contributed by atoms with E-state index >= 15 is 0 Å². The van der Waals surface area contributed by atoms with E-state index in [2.05, 4.69) is 135 Å². The second-order valence-corrected chi connectivity index (χ2v) is 15.5. The summed E-state index contributed by atoms with van der Waals surface area (Å²) in [6, 6.07) is 50.3. The normalized spacial score (nSPS) is 13.4. The Kier molecular flexibility index (Phi) is 5.94. The van der Waals surface area contributed by atoms with Crippen LogP contribution >= 0.6 is 0 Å². The van der Waals surface area contributed by atoms with Crippen molar-refractivity contribution in [3.8, 4) is 45.3 Å². The number of hydrogen-bond donors (Lipinski definition) is 0. The van der Waals surface area contributed by atoms with Crippen LogP contribution in [0.4, 0.5) is 0 Å². The number of nitrogens with zero attached hydrogens (tertiary/aromatic N) is 3. The third kappa shape index (κ3) is 4.10. The number of fused-ring (bicyclic) bond motifs is 10. The molecule has 0 fully saturated rings. The Labute approximate surface area is 284 Å². The molecule has 0 bridgehead atoms. The van der Waals surface area contributed by atoms with Crippen LogP contribution < -0.4 is 0 Å². The quantitative estimate of drug-likeness (QED) is 0.138. The molecule has 9 aromatic rings. The van der Waals surface area contributed by atoms with E-state index in [1.54, 1.807) is 0 Å². The van der Waals surface area contributed by atoms with E-state index in [9.17, 15) is 0 Å². The molecule has 2 aromatic heterocycles. The molecule has 10 rings (SSSR count). The number of hydrogen-bond acceptors (Lipinski definition) is 3. The van der Waals surface area contributed by atoms with Crippen molar-refractivity contribution in [3.63, 3.8) is 0 Å². The van der Waals surface area contributed by atoms with Gasteiger partial charge in [0.2, 0.25) is 0 Å². The van der Waals surface area contributed by atoms with Crippen molar-refractivity contribution in [2.24, 2.45) is 0 Å². The molecular weight excluding hydrogens is 649 g/mol. The van der Waals surface area contributed by atoms with Crippen molar-refractivity contribution in [1.82, 2.24) is 15.0 Å². The fraction of sp³-hybridized carbons (Fsp3) is 0.0682. The van der Waals surface area contributed by atoms with Gasteiger partial charge in [-0.3, -0.25) is 0 Å². The SMILES string of the molecule is CC1(C)c2ccccc2-c2ccc(-c3nc(-c4ccccc4)nc(-c4ccc5c(c4)[se]c4c5ccc5ccc6ccccc6c54)n3)cc21. The van der Waals surface area contributed by atoms with Gasteiger partial charge in [-0.2, -0.15) is 0 Å². The molecule has 0 amide bonds. The summed E-state index contributed by atoms with van der Waals surface area (Å²) in [4.78, 5) is 15.3. The molecule has 0 N–H and O–H groups in total. The predicted octanol–water partition coefficient (Wildman–Crippen LogP) is 10.8. The second-order valence-electron chi connectivity index (χ2n) is 13.2. The monoisotopic (exact) mass is 679 g/mol. The van der Waals surface area contributed by atoms with Gasteiger partial charge >= 0.3 is 273 Å². The summed E-state index contributed by atoms with van der Waals surface area (Å²) in [6.07, 6.45) is 0. The molecule has 0 atom stereocenters. The molecule has 1 aliphatic rings. The molecule has 0 radical (unpaired) electrons. The Bertz CT molecular complexity index is 2760. The third-order valence-electron chi connectivity index (χ3n) is 10.1. The molecule has 48 heavy (non-hydrogen) atoms.